The first-order chi connectivity index (χ1) is 9.10. The molecule has 0 saturated carbocycles. The van der Waals surface area contributed by atoms with Crippen molar-refractivity contribution in [3.8, 4) is 5.75 Å². The average molecular weight is 267 g/mol. The molecule has 1 aromatic carbocycles. The Bertz CT molecular complexity index is 459. The Balaban J connectivity index is 1.97. The fourth-order valence-corrected chi connectivity index (χ4v) is 1.94. The molecule has 0 spiro atoms. The molecule has 6 heteroatoms. The number of carbonyl (C=O) groups is 1. The van der Waals surface area contributed by atoms with Crippen molar-refractivity contribution in [1.82, 2.24) is 10.6 Å². The van der Waals surface area contributed by atoms with Gasteiger partial charge in [0, 0.05) is 30.9 Å². The van der Waals surface area contributed by atoms with E-state index in [1.165, 1.54) is 19.2 Å². The van der Waals surface area contributed by atoms with Crippen LogP contribution >= 0.6 is 0 Å². The molecule has 0 bridgehead atoms. The second-order valence-electron chi connectivity index (χ2n) is 4.61. The van der Waals surface area contributed by atoms with Crippen LogP contribution in [-0.4, -0.2) is 38.2 Å². The normalized spacial score (nSPS) is 22.9. The Morgan fingerprint density at radius 3 is 2.79 bits per heavy atom. The number of hydrogen-bond acceptors (Lipinski definition) is 4. The van der Waals surface area contributed by atoms with Crippen LogP contribution in [0.3, 0.4) is 0 Å². The molecule has 2 unspecified atom stereocenters. The highest BCUT2D eigenvalue weighted by Gasteiger charge is 2.23. The molecule has 1 heterocycles. The third-order valence-corrected chi connectivity index (χ3v) is 3.08. The van der Waals surface area contributed by atoms with Gasteiger partial charge in [0.05, 0.1) is 13.2 Å². The lowest BCUT2D eigenvalue weighted by Gasteiger charge is -2.28. The molecule has 0 radical (unpaired) electrons. The third kappa shape index (κ3) is 3.42. The second kappa shape index (κ2) is 5.99. The minimum Gasteiger partial charge on any atom is -0.494 e. The van der Waals surface area contributed by atoms with Crippen molar-refractivity contribution in [2.75, 3.05) is 25.5 Å². The molecule has 0 aromatic heterocycles. The number of halogens is 1. The molecule has 5 nitrogen and oxygen atoms in total. The van der Waals surface area contributed by atoms with E-state index in [0.29, 0.717) is 18.3 Å². The number of rotatable bonds is 3. The van der Waals surface area contributed by atoms with Crippen LogP contribution in [0.4, 0.5) is 10.1 Å². The van der Waals surface area contributed by atoms with Crippen molar-refractivity contribution in [3.63, 3.8) is 0 Å². The number of nitrogens with one attached hydrogen (secondary N) is 3. The van der Waals surface area contributed by atoms with Gasteiger partial charge in [0.2, 0.25) is 5.91 Å². The van der Waals surface area contributed by atoms with E-state index >= 15 is 0 Å². The third-order valence-electron chi connectivity index (χ3n) is 3.08. The Kier molecular flexibility index (Phi) is 4.34. The highest BCUT2D eigenvalue weighted by molar-refractivity contribution is 5.95. The summed E-state index contributed by atoms with van der Waals surface area (Å²) in [6.45, 7) is 3.33. The highest BCUT2D eigenvalue weighted by Crippen LogP contribution is 2.20. The molecule has 1 aliphatic heterocycles. The largest absolute Gasteiger partial charge is 0.494 e. The molecule has 19 heavy (non-hydrogen) atoms. The molecule has 2 rings (SSSR count). The van der Waals surface area contributed by atoms with Crippen LogP contribution in [0.5, 0.6) is 5.75 Å². The topological polar surface area (TPSA) is 62.4 Å². The maximum absolute atomic E-state index is 13.5. The van der Waals surface area contributed by atoms with E-state index in [9.17, 15) is 9.18 Å². The van der Waals surface area contributed by atoms with Crippen molar-refractivity contribution >= 4 is 11.6 Å². The Labute approximate surface area is 111 Å². The number of piperazine rings is 1. The van der Waals surface area contributed by atoms with E-state index in [1.54, 1.807) is 6.07 Å². The fraction of sp³-hybridized carbons (Fsp3) is 0.462. The summed E-state index contributed by atoms with van der Waals surface area (Å²) in [6, 6.07) is 4.39. The van der Waals surface area contributed by atoms with Gasteiger partial charge in [-0.15, -0.1) is 0 Å². The average Bonchev–Trinajstić information content (AvgIpc) is 2.39. The van der Waals surface area contributed by atoms with E-state index in [2.05, 4.69) is 16.0 Å². The molecule has 104 valence electrons. The van der Waals surface area contributed by atoms with Gasteiger partial charge < -0.3 is 20.7 Å². The zero-order chi connectivity index (χ0) is 13.8. The maximum atomic E-state index is 13.5. The minimum absolute atomic E-state index is 0.157. The Hall–Kier alpha value is -1.66. The molecule has 3 N–H and O–H groups in total. The summed E-state index contributed by atoms with van der Waals surface area (Å²) in [5.41, 5.74) is 0.420. The summed E-state index contributed by atoms with van der Waals surface area (Å²) >= 11 is 0. The minimum atomic E-state index is -0.497. The van der Waals surface area contributed by atoms with E-state index in [-0.39, 0.29) is 17.7 Å². The summed E-state index contributed by atoms with van der Waals surface area (Å²) < 4.78 is 18.3. The zero-order valence-electron chi connectivity index (χ0n) is 11.0. The maximum Gasteiger partial charge on any atom is 0.242 e. The number of carbonyl (C=O) groups excluding carboxylic acids is 1. The molecular weight excluding hydrogens is 249 g/mol. The summed E-state index contributed by atoms with van der Waals surface area (Å²) in [4.78, 5) is 12.0. The van der Waals surface area contributed by atoms with Gasteiger partial charge in [-0.3, -0.25) is 4.79 Å². The lowest BCUT2D eigenvalue weighted by Crippen LogP contribution is -2.57. The smallest absolute Gasteiger partial charge is 0.242 e. The summed E-state index contributed by atoms with van der Waals surface area (Å²) in [5.74, 6) is -0.517. The van der Waals surface area contributed by atoms with Gasteiger partial charge in [-0.2, -0.15) is 0 Å². The summed E-state index contributed by atoms with van der Waals surface area (Å²) in [5, 5.41) is 9.03. The van der Waals surface area contributed by atoms with E-state index in [0.717, 1.165) is 6.54 Å². The number of benzene rings is 1. The van der Waals surface area contributed by atoms with Gasteiger partial charge in [-0.1, -0.05) is 0 Å². The van der Waals surface area contributed by atoms with Crippen LogP contribution in [0.25, 0.3) is 0 Å². The predicted octanol–water partition coefficient (Wildman–Crippen LogP) is 0.723. The molecule has 1 aromatic rings. The lowest BCUT2D eigenvalue weighted by atomic mass is 10.1. The first kappa shape index (κ1) is 13.8. The number of ether oxygens (including phenoxy) is 1. The standard InChI is InChI=1S/C13H18FN3O2/c1-8-6-16-11(7-15-8)13(18)17-9-3-4-12(19-2)10(14)5-9/h3-5,8,11,15-16H,6-7H2,1-2H3,(H,17,18). The summed E-state index contributed by atoms with van der Waals surface area (Å²) in [6.07, 6.45) is 0. The van der Waals surface area contributed by atoms with E-state index in [1.807, 2.05) is 6.92 Å². The zero-order valence-corrected chi connectivity index (χ0v) is 11.0. The van der Waals surface area contributed by atoms with Gasteiger partial charge in [0.1, 0.15) is 0 Å². The number of hydrogen-bond donors (Lipinski definition) is 3. The Morgan fingerprint density at radius 2 is 2.21 bits per heavy atom. The van der Waals surface area contributed by atoms with Crippen molar-refractivity contribution in [1.29, 1.82) is 0 Å². The van der Waals surface area contributed by atoms with Gasteiger partial charge >= 0.3 is 0 Å². The molecule has 0 aliphatic carbocycles. The molecule has 1 aliphatic rings. The second-order valence-corrected chi connectivity index (χ2v) is 4.61. The molecular formula is C13H18FN3O2. The number of anilines is 1. The van der Waals surface area contributed by atoms with Crippen molar-refractivity contribution in [3.05, 3.63) is 24.0 Å². The van der Waals surface area contributed by atoms with Crippen LogP contribution in [0.15, 0.2) is 18.2 Å². The van der Waals surface area contributed by atoms with Crippen LogP contribution in [-0.2, 0) is 4.79 Å². The van der Waals surface area contributed by atoms with Crippen molar-refractivity contribution in [2.24, 2.45) is 0 Å². The Morgan fingerprint density at radius 1 is 1.42 bits per heavy atom. The van der Waals surface area contributed by atoms with E-state index < -0.39 is 5.82 Å². The van der Waals surface area contributed by atoms with Crippen LogP contribution in [0.2, 0.25) is 0 Å². The predicted molar refractivity (Wildman–Crippen MR) is 70.8 cm³/mol. The monoisotopic (exact) mass is 267 g/mol. The van der Waals surface area contributed by atoms with Crippen LogP contribution in [0, 0.1) is 5.82 Å². The first-order valence-electron chi connectivity index (χ1n) is 6.21. The quantitative estimate of drug-likeness (QED) is 0.755. The van der Waals surface area contributed by atoms with Gasteiger partial charge in [-0.05, 0) is 19.1 Å². The lowest BCUT2D eigenvalue weighted by molar-refractivity contribution is -0.118. The van der Waals surface area contributed by atoms with E-state index in [4.69, 9.17) is 4.74 Å². The SMILES string of the molecule is COc1ccc(NC(=O)C2CNC(C)CN2)cc1F. The fourth-order valence-electron chi connectivity index (χ4n) is 1.94. The first-order valence-corrected chi connectivity index (χ1v) is 6.21. The molecule has 1 fully saturated rings. The van der Waals surface area contributed by atoms with Gasteiger partial charge in [0.15, 0.2) is 11.6 Å². The molecule has 1 saturated heterocycles. The van der Waals surface area contributed by atoms with Gasteiger partial charge in [-0.25, -0.2) is 4.39 Å². The van der Waals surface area contributed by atoms with Gasteiger partial charge in [0.25, 0.3) is 0 Å². The highest BCUT2D eigenvalue weighted by atomic mass is 19.1. The molecule has 2 atom stereocenters. The number of methoxy groups -OCH3 is 1. The molecule has 1 amide bonds. The summed E-state index contributed by atoms with van der Waals surface area (Å²) in [7, 11) is 1.40. The van der Waals surface area contributed by atoms with Crippen molar-refractivity contribution < 1.29 is 13.9 Å². The van der Waals surface area contributed by atoms with Crippen LogP contribution in [0.1, 0.15) is 6.92 Å². The van der Waals surface area contributed by atoms with Crippen LogP contribution < -0.4 is 20.7 Å². The van der Waals surface area contributed by atoms with Crippen molar-refractivity contribution in [2.45, 2.75) is 19.0 Å². The number of amides is 1.